The molecule has 21 heavy (non-hydrogen) atoms. The zero-order chi connectivity index (χ0) is 14.6. The lowest BCUT2D eigenvalue weighted by Crippen LogP contribution is -2.42. The van der Waals surface area contributed by atoms with Crippen molar-refractivity contribution >= 4 is 35.8 Å². The Morgan fingerprint density at radius 2 is 1.86 bits per heavy atom. The van der Waals surface area contributed by atoms with Crippen molar-refractivity contribution in [3.63, 3.8) is 0 Å². The van der Waals surface area contributed by atoms with Crippen molar-refractivity contribution in [2.24, 2.45) is 4.99 Å². The number of ether oxygens (including phenoxy) is 1. The molecule has 6 nitrogen and oxygen atoms in total. The minimum absolute atomic E-state index is 0. The molecule has 124 valence electrons. The molecular weight excluding hydrogens is 383 g/mol. The number of methoxy groups -OCH3 is 1. The number of nitrogens with one attached hydrogen (secondary N) is 3. The predicted molar refractivity (Wildman–Crippen MR) is 96.3 cm³/mol. The van der Waals surface area contributed by atoms with E-state index in [1.807, 2.05) is 0 Å². The molecule has 0 aliphatic heterocycles. The molecule has 1 fully saturated rings. The molecule has 0 unspecified atom stereocenters. The molecule has 0 aromatic carbocycles. The van der Waals surface area contributed by atoms with Gasteiger partial charge >= 0.3 is 0 Å². The van der Waals surface area contributed by atoms with E-state index in [0.717, 1.165) is 12.8 Å². The van der Waals surface area contributed by atoms with E-state index >= 15 is 0 Å². The first-order chi connectivity index (χ1) is 9.76. The van der Waals surface area contributed by atoms with Gasteiger partial charge in [0, 0.05) is 39.7 Å². The molecular formula is C14H29IN4O2. The highest BCUT2D eigenvalue weighted by Gasteiger charge is 2.15. The Morgan fingerprint density at radius 1 is 1.19 bits per heavy atom. The van der Waals surface area contributed by atoms with Crippen LogP contribution in [0.1, 0.15) is 38.5 Å². The summed E-state index contributed by atoms with van der Waals surface area (Å²) in [6.45, 7) is 1.92. The van der Waals surface area contributed by atoms with Crippen molar-refractivity contribution < 1.29 is 9.53 Å². The number of hydrogen-bond acceptors (Lipinski definition) is 3. The van der Waals surface area contributed by atoms with Gasteiger partial charge in [-0.15, -0.1) is 24.0 Å². The average molecular weight is 412 g/mol. The van der Waals surface area contributed by atoms with Gasteiger partial charge in [-0.1, -0.05) is 19.3 Å². The fourth-order valence-electron chi connectivity index (χ4n) is 2.33. The number of rotatable bonds is 7. The van der Waals surface area contributed by atoms with Gasteiger partial charge in [0.15, 0.2) is 5.96 Å². The summed E-state index contributed by atoms with van der Waals surface area (Å²) in [6, 6.07) is 0.385. The molecule has 0 atom stereocenters. The van der Waals surface area contributed by atoms with Crippen molar-refractivity contribution in [1.82, 2.24) is 16.0 Å². The monoisotopic (exact) mass is 412 g/mol. The Hall–Kier alpha value is -0.570. The van der Waals surface area contributed by atoms with Crippen LogP contribution in [-0.4, -0.2) is 51.8 Å². The Labute approximate surface area is 144 Å². The number of aliphatic imine (C=N–C) groups is 1. The molecule has 0 saturated heterocycles. The number of nitrogens with zero attached hydrogens (tertiary/aromatic N) is 1. The standard InChI is InChI=1S/C14H28N4O2.HI/c1-15-14(17-10-11-20-2)16-9-8-13(19)18-12-6-4-3-5-7-12;/h12H,3-11H2,1-2H3,(H,18,19)(H2,15,16,17);1H. The van der Waals surface area contributed by atoms with Gasteiger partial charge in [0.05, 0.1) is 6.61 Å². The Kier molecular flexibility index (Phi) is 12.8. The van der Waals surface area contributed by atoms with Gasteiger partial charge in [-0.25, -0.2) is 0 Å². The van der Waals surface area contributed by atoms with Gasteiger partial charge in [0.1, 0.15) is 0 Å². The van der Waals surface area contributed by atoms with Crippen LogP contribution in [0, 0.1) is 0 Å². The second-order valence-corrected chi connectivity index (χ2v) is 5.07. The maximum Gasteiger partial charge on any atom is 0.221 e. The second kappa shape index (κ2) is 13.1. The van der Waals surface area contributed by atoms with Crippen LogP contribution in [0.25, 0.3) is 0 Å². The lowest BCUT2D eigenvalue weighted by Gasteiger charge is -2.22. The molecule has 1 amide bonds. The minimum atomic E-state index is 0. The van der Waals surface area contributed by atoms with E-state index in [2.05, 4.69) is 20.9 Å². The zero-order valence-electron chi connectivity index (χ0n) is 13.1. The van der Waals surface area contributed by atoms with Crippen LogP contribution in [0.4, 0.5) is 0 Å². The molecule has 7 heteroatoms. The Balaban J connectivity index is 0.00000400. The van der Waals surface area contributed by atoms with Crippen LogP contribution in [0.5, 0.6) is 0 Å². The second-order valence-electron chi connectivity index (χ2n) is 5.07. The average Bonchev–Trinajstić information content (AvgIpc) is 2.47. The van der Waals surface area contributed by atoms with E-state index in [1.54, 1.807) is 14.2 Å². The third kappa shape index (κ3) is 9.89. The van der Waals surface area contributed by atoms with Crippen LogP contribution in [0.3, 0.4) is 0 Å². The molecule has 0 bridgehead atoms. The molecule has 1 saturated carbocycles. The topological polar surface area (TPSA) is 74.8 Å². The minimum Gasteiger partial charge on any atom is -0.383 e. The number of amides is 1. The molecule has 1 aliphatic rings. The maximum atomic E-state index is 11.8. The van der Waals surface area contributed by atoms with Crippen molar-refractivity contribution in [3.05, 3.63) is 0 Å². The van der Waals surface area contributed by atoms with E-state index in [0.29, 0.717) is 38.1 Å². The third-order valence-corrected chi connectivity index (χ3v) is 3.44. The highest BCUT2D eigenvalue weighted by molar-refractivity contribution is 14.0. The summed E-state index contributed by atoms with van der Waals surface area (Å²) in [6.07, 6.45) is 6.50. The summed E-state index contributed by atoms with van der Waals surface area (Å²) in [7, 11) is 3.37. The summed E-state index contributed by atoms with van der Waals surface area (Å²) in [4.78, 5) is 15.9. The van der Waals surface area contributed by atoms with Gasteiger partial charge in [0.2, 0.25) is 5.91 Å². The molecule has 0 heterocycles. The van der Waals surface area contributed by atoms with Crippen molar-refractivity contribution in [3.8, 4) is 0 Å². The van der Waals surface area contributed by atoms with Crippen LogP contribution in [0.2, 0.25) is 0 Å². The van der Waals surface area contributed by atoms with Gasteiger partial charge in [-0.05, 0) is 12.8 Å². The smallest absolute Gasteiger partial charge is 0.221 e. The highest BCUT2D eigenvalue weighted by Crippen LogP contribution is 2.17. The van der Waals surface area contributed by atoms with Gasteiger partial charge in [0.25, 0.3) is 0 Å². The van der Waals surface area contributed by atoms with E-state index in [9.17, 15) is 4.79 Å². The molecule has 1 rings (SSSR count). The number of carbonyl (C=O) groups excluding carboxylic acids is 1. The zero-order valence-corrected chi connectivity index (χ0v) is 15.4. The summed E-state index contributed by atoms with van der Waals surface area (Å²) < 4.78 is 4.95. The first-order valence-electron chi connectivity index (χ1n) is 7.49. The van der Waals surface area contributed by atoms with E-state index in [1.165, 1.54) is 19.3 Å². The Morgan fingerprint density at radius 3 is 2.48 bits per heavy atom. The lowest BCUT2D eigenvalue weighted by atomic mass is 9.95. The Bertz CT molecular complexity index is 307. The number of guanidine groups is 1. The lowest BCUT2D eigenvalue weighted by molar-refractivity contribution is -0.121. The van der Waals surface area contributed by atoms with E-state index in [-0.39, 0.29) is 29.9 Å². The SMILES string of the molecule is CN=C(NCCOC)NCCC(=O)NC1CCCCC1.I. The first-order valence-corrected chi connectivity index (χ1v) is 7.49. The summed E-state index contributed by atoms with van der Waals surface area (Å²) in [5.74, 6) is 0.823. The first kappa shape index (κ1) is 20.4. The van der Waals surface area contributed by atoms with Gasteiger partial charge in [-0.3, -0.25) is 9.79 Å². The summed E-state index contributed by atoms with van der Waals surface area (Å²) in [5, 5.41) is 9.33. The van der Waals surface area contributed by atoms with Crippen LogP contribution >= 0.6 is 24.0 Å². The third-order valence-electron chi connectivity index (χ3n) is 3.44. The summed E-state index contributed by atoms with van der Waals surface area (Å²) >= 11 is 0. The molecule has 0 aromatic rings. The summed E-state index contributed by atoms with van der Waals surface area (Å²) in [5.41, 5.74) is 0. The van der Waals surface area contributed by atoms with Crippen LogP contribution in [0.15, 0.2) is 4.99 Å². The number of halogens is 1. The normalized spacial score (nSPS) is 16.0. The number of carbonyl (C=O) groups is 1. The molecule has 0 aromatic heterocycles. The molecule has 0 spiro atoms. The largest absolute Gasteiger partial charge is 0.383 e. The van der Waals surface area contributed by atoms with E-state index < -0.39 is 0 Å². The number of hydrogen-bond donors (Lipinski definition) is 3. The maximum absolute atomic E-state index is 11.8. The van der Waals surface area contributed by atoms with Crippen molar-refractivity contribution in [1.29, 1.82) is 0 Å². The van der Waals surface area contributed by atoms with Gasteiger partial charge < -0.3 is 20.7 Å². The fourth-order valence-corrected chi connectivity index (χ4v) is 2.33. The molecule has 3 N–H and O–H groups in total. The molecule has 0 radical (unpaired) electrons. The van der Waals surface area contributed by atoms with Crippen molar-refractivity contribution in [2.75, 3.05) is 33.9 Å². The highest BCUT2D eigenvalue weighted by atomic mass is 127. The predicted octanol–water partition coefficient (Wildman–Crippen LogP) is 1.25. The molecule has 1 aliphatic carbocycles. The quantitative estimate of drug-likeness (QED) is 0.255. The fraction of sp³-hybridized carbons (Fsp3) is 0.857. The van der Waals surface area contributed by atoms with E-state index in [4.69, 9.17) is 4.74 Å². The van der Waals surface area contributed by atoms with Gasteiger partial charge in [-0.2, -0.15) is 0 Å². The van der Waals surface area contributed by atoms with Crippen LogP contribution in [-0.2, 0) is 9.53 Å². The van der Waals surface area contributed by atoms with Crippen LogP contribution < -0.4 is 16.0 Å². The van der Waals surface area contributed by atoms with Crippen molar-refractivity contribution in [2.45, 2.75) is 44.6 Å².